The van der Waals surface area contributed by atoms with Gasteiger partial charge in [0.15, 0.2) is 0 Å². The molecule has 4 nitrogen and oxygen atoms in total. The molecule has 150 valence electrons. The third-order valence-electron chi connectivity index (χ3n) is 5.50. The molecule has 0 saturated carbocycles. The summed E-state index contributed by atoms with van der Waals surface area (Å²) in [5.41, 5.74) is 4.85. The van der Waals surface area contributed by atoms with Gasteiger partial charge in [0.25, 0.3) is 0 Å². The Balaban J connectivity index is 0.00000301. The molecular weight excluding hydrogens is 324 g/mol. The molecule has 0 atom stereocenters. The van der Waals surface area contributed by atoms with Crippen LogP contribution in [0.15, 0.2) is 24.3 Å². The lowest BCUT2D eigenvalue weighted by Gasteiger charge is -2.45. The molecule has 1 aromatic carbocycles. The topological polar surface area (TPSA) is 64.3 Å². The Morgan fingerprint density at radius 2 is 1.35 bits per heavy atom. The number of carbonyl (C=O) groups excluding carboxylic acids is 1. The fourth-order valence-electron chi connectivity index (χ4n) is 1.90. The first-order valence-electron chi connectivity index (χ1n) is 9.47. The summed E-state index contributed by atoms with van der Waals surface area (Å²) in [6.45, 7) is 21.4. The standard InChI is InChI=1S/C20H34N2O2.C2H6/c1-14-10-12-15(13-11-14)24-20(8,9)17(2,3)16(23)22-19(6,7)18(4,5)21;1-2/h10-13H,21H2,1-9H3,(H,22,23);1-2H3. The van der Waals surface area contributed by atoms with Crippen LogP contribution in [0.5, 0.6) is 5.75 Å². The molecule has 0 unspecified atom stereocenters. The summed E-state index contributed by atoms with van der Waals surface area (Å²) in [4.78, 5) is 13.0. The molecule has 3 N–H and O–H groups in total. The predicted octanol–water partition coefficient (Wildman–Crippen LogP) is 4.84. The van der Waals surface area contributed by atoms with Crippen LogP contribution in [0.2, 0.25) is 0 Å². The Hall–Kier alpha value is -1.55. The lowest BCUT2D eigenvalue weighted by molar-refractivity contribution is -0.142. The van der Waals surface area contributed by atoms with E-state index >= 15 is 0 Å². The number of benzene rings is 1. The van der Waals surface area contributed by atoms with E-state index in [1.54, 1.807) is 0 Å². The minimum absolute atomic E-state index is 0.0804. The van der Waals surface area contributed by atoms with Crippen LogP contribution in [0.3, 0.4) is 0 Å². The number of amides is 1. The summed E-state index contributed by atoms with van der Waals surface area (Å²) in [6, 6.07) is 7.85. The number of nitrogens with two attached hydrogens (primary N) is 1. The van der Waals surface area contributed by atoms with E-state index in [1.165, 1.54) is 5.56 Å². The summed E-state index contributed by atoms with van der Waals surface area (Å²) < 4.78 is 6.15. The van der Waals surface area contributed by atoms with Crippen molar-refractivity contribution in [1.29, 1.82) is 0 Å². The number of hydrogen-bond donors (Lipinski definition) is 2. The average molecular weight is 365 g/mol. The first kappa shape index (κ1) is 24.5. The zero-order valence-electron chi connectivity index (χ0n) is 18.7. The molecular formula is C22H40N2O2. The van der Waals surface area contributed by atoms with Gasteiger partial charge in [-0.05, 0) is 74.4 Å². The van der Waals surface area contributed by atoms with Gasteiger partial charge in [-0.1, -0.05) is 31.5 Å². The van der Waals surface area contributed by atoms with E-state index in [0.717, 1.165) is 5.75 Å². The van der Waals surface area contributed by atoms with Crippen LogP contribution >= 0.6 is 0 Å². The van der Waals surface area contributed by atoms with Crippen LogP contribution < -0.4 is 15.8 Å². The molecule has 26 heavy (non-hydrogen) atoms. The fraction of sp³-hybridized carbons (Fsp3) is 0.682. The molecule has 0 radical (unpaired) electrons. The molecule has 0 fully saturated rings. The van der Waals surface area contributed by atoms with Crippen molar-refractivity contribution in [3.63, 3.8) is 0 Å². The molecule has 0 bridgehead atoms. The highest BCUT2D eigenvalue weighted by Gasteiger charge is 2.48. The highest BCUT2D eigenvalue weighted by Crippen LogP contribution is 2.36. The SMILES string of the molecule is CC.Cc1ccc(OC(C)(C)C(C)(C)C(=O)NC(C)(C)C(C)(C)N)cc1. The van der Waals surface area contributed by atoms with Crippen molar-refractivity contribution >= 4 is 5.91 Å². The van der Waals surface area contributed by atoms with Gasteiger partial charge in [-0.2, -0.15) is 0 Å². The number of aryl methyl sites for hydroxylation is 1. The molecule has 4 heteroatoms. The second kappa shape index (κ2) is 8.43. The minimum Gasteiger partial charge on any atom is -0.487 e. The van der Waals surface area contributed by atoms with Crippen molar-refractivity contribution in [2.24, 2.45) is 11.1 Å². The first-order chi connectivity index (χ1) is 11.6. The summed E-state index contributed by atoms with van der Waals surface area (Å²) in [6.07, 6.45) is 0. The fourth-order valence-corrected chi connectivity index (χ4v) is 1.90. The van der Waals surface area contributed by atoms with E-state index in [1.807, 2.05) is 100 Å². The van der Waals surface area contributed by atoms with Crippen molar-refractivity contribution in [2.75, 3.05) is 0 Å². The largest absolute Gasteiger partial charge is 0.487 e. The molecule has 0 aliphatic heterocycles. The van der Waals surface area contributed by atoms with Crippen molar-refractivity contribution in [2.45, 2.75) is 92.8 Å². The molecule has 0 spiro atoms. The number of carbonyl (C=O) groups is 1. The lowest BCUT2D eigenvalue weighted by Crippen LogP contribution is -2.66. The van der Waals surface area contributed by atoms with Crippen LogP contribution in [-0.4, -0.2) is 22.6 Å². The van der Waals surface area contributed by atoms with E-state index in [-0.39, 0.29) is 5.91 Å². The lowest BCUT2D eigenvalue weighted by atomic mass is 9.74. The molecule has 0 heterocycles. The Labute approximate surface area is 160 Å². The van der Waals surface area contributed by atoms with Crippen LogP contribution in [0, 0.1) is 12.3 Å². The quantitative estimate of drug-likeness (QED) is 0.759. The summed E-state index contributed by atoms with van der Waals surface area (Å²) in [5, 5.41) is 3.09. The van der Waals surface area contributed by atoms with E-state index in [9.17, 15) is 4.79 Å². The third-order valence-corrected chi connectivity index (χ3v) is 5.50. The van der Waals surface area contributed by atoms with Gasteiger partial charge in [-0.15, -0.1) is 0 Å². The molecule has 0 saturated heterocycles. The second-order valence-corrected chi connectivity index (χ2v) is 8.85. The van der Waals surface area contributed by atoms with Crippen LogP contribution in [0.1, 0.15) is 74.8 Å². The zero-order valence-corrected chi connectivity index (χ0v) is 18.7. The Morgan fingerprint density at radius 1 is 0.923 bits per heavy atom. The molecule has 1 rings (SSSR count). The molecule has 0 aliphatic rings. The maximum Gasteiger partial charge on any atom is 0.230 e. The molecule has 0 aliphatic carbocycles. The molecule has 0 aromatic heterocycles. The smallest absolute Gasteiger partial charge is 0.230 e. The van der Waals surface area contributed by atoms with Crippen LogP contribution in [0.25, 0.3) is 0 Å². The van der Waals surface area contributed by atoms with Gasteiger partial charge < -0.3 is 15.8 Å². The highest BCUT2D eigenvalue weighted by molar-refractivity contribution is 5.84. The Kier molecular flexibility index (Phi) is 7.92. The average Bonchev–Trinajstić information content (AvgIpc) is 2.49. The Bertz CT molecular complexity index is 579. The van der Waals surface area contributed by atoms with Gasteiger partial charge in [0.1, 0.15) is 11.4 Å². The highest BCUT2D eigenvalue weighted by atomic mass is 16.5. The van der Waals surface area contributed by atoms with E-state index < -0.39 is 22.1 Å². The summed E-state index contributed by atoms with van der Waals surface area (Å²) in [7, 11) is 0. The summed E-state index contributed by atoms with van der Waals surface area (Å²) in [5.74, 6) is 0.674. The molecule has 1 amide bonds. The predicted molar refractivity (Wildman–Crippen MR) is 112 cm³/mol. The Morgan fingerprint density at radius 3 is 1.73 bits per heavy atom. The van der Waals surface area contributed by atoms with Gasteiger partial charge in [-0.25, -0.2) is 0 Å². The minimum atomic E-state index is -0.750. The monoisotopic (exact) mass is 364 g/mol. The van der Waals surface area contributed by atoms with E-state index in [4.69, 9.17) is 10.5 Å². The number of ether oxygens (including phenoxy) is 1. The summed E-state index contributed by atoms with van der Waals surface area (Å²) >= 11 is 0. The zero-order chi connectivity index (χ0) is 21.0. The van der Waals surface area contributed by atoms with E-state index in [2.05, 4.69) is 5.32 Å². The molecule has 1 aromatic rings. The van der Waals surface area contributed by atoms with Gasteiger partial charge in [-0.3, -0.25) is 4.79 Å². The van der Waals surface area contributed by atoms with Crippen LogP contribution in [0.4, 0.5) is 0 Å². The van der Waals surface area contributed by atoms with Crippen molar-refractivity contribution in [1.82, 2.24) is 5.32 Å². The van der Waals surface area contributed by atoms with Crippen molar-refractivity contribution < 1.29 is 9.53 Å². The number of hydrogen-bond acceptors (Lipinski definition) is 3. The second-order valence-electron chi connectivity index (χ2n) is 8.85. The van der Waals surface area contributed by atoms with Gasteiger partial charge in [0.2, 0.25) is 5.91 Å². The first-order valence-corrected chi connectivity index (χ1v) is 9.47. The van der Waals surface area contributed by atoms with Gasteiger partial charge in [0.05, 0.1) is 11.0 Å². The number of rotatable bonds is 6. The van der Waals surface area contributed by atoms with Gasteiger partial charge in [0, 0.05) is 5.54 Å². The van der Waals surface area contributed by atoms with Crippen LogP contribution in [-0.2, 0) is 4.79 Å². The van der Waals surface area contributed by atoms with E-state index in [0.29, 0.717) is 0 Å². The third kappa shape index (κ3) is 5.73. The van der Waals surface area contributed by atoms with Gasteiger partial charge >= 0.3 is 0 Å². The maximum atomic E-state index is 13.0. The maximum absolute atomic E-state index is 13.0. The van der Waals surface area contributed by atoms with Crippen molar-refractivity contribution in [3.05, 3.63) is 29.8 Å². The van der Waals surface area contributed by atoms with Crippen molar-refractivity contribution in [3.8, 4) is 5.75 Å². The number of nitrogens with one attached hydrogen (secondary N) is 1. The normalized spacial score (nSPS) is 12.8.